The number of thiazole rings is 1. The summed E-state index contributed by atoms with van der Waals surface area (Å²) in [5, 5.41) is 11.7. The monoisotopic (exact) mass is 439 g/mol. The summed E-state index contributed by atoms with van der Waals surface area (Å²) in [6.07, 6.45) is 0. The molecule has 146 valence electrons. The van der Waals surface area contributed by atoms with E-state index in [9.17, 15) is 14.9 Å². The number of non-ortho nitro benzene ring substituents is 1. The molecule has 28 heavy (non-hydrogen) atoms. The number of rotatable bonds is 6. The lowest BCUT2D eigenvalue weighted by Crippen LogP contribution is -2.20. The van der Waals surface area contributed by atoms with E-state index in [1.165, 1.54) is 35.6 Å². The molecule has 0 bridgehead atoms. The van der Waals surface area contributed by atoms with Crippen molar-refractivity contribution in [3.05, 3.63) is 66.9 Å². The molecular formula is C18H15Cl2N3O4S. The molecule has 3 rings (SSSR count). The summed E-state index contributed by atoms with van der Waals surface area (Å²) in [5.41, 5.74) is 0.632. The SMILES string of the molecule is CCOCCn1c(=NC(=O)c2cccc([N+](=O)[O-])c2)sc2ccc(Cl)c(Cl)c21. The van der Waals surface area contributed by atoms with Gasteiger partial charge in [-0.1, -0.05) is 40.6 Å². The fourth-order valence-corrected chi connectivity index (χ4v) is 4.14. The Balaban J connectivity index is 2.11. The first kappa shape index (κ1) is 20.5. The molecule has 0 aliphatic rings. The quantitative estimate of drug-likeness (QED) is 0.316. The Morgan fingerprint density at radius 2 is 2.11 bits per heavy atom. The van der Waals surface area contributed by atoms with Crippen LogP contribution in [0.2, 0.25) is 10.0 Å². The highest BCUT2D eigenvalue weighted by Gasteiger charge is 2.15. The molecule has 3 aromatic rings. The van der Waals surface area contributed by atoms with Gasteiger partial charge in [-0.05, 0) is 25.1 Å². The maximum atomic E-state index is 12.6. The van der Waals surface area contributed by atoms with E-state index in [0.29, 0.717) is 40.1 Å². The summed E-state index contributed by atoms with van der Waals surface area (Å²) >= 11 is 13.8. The lowest BCUT2D eigenvalue weighted by molar-refractivity contribution is -0.384. The molecule has 1 aromatic heterocycles. The molecule has 0 aliphatic heterocycles. The van der Waals surface area contributed by atoms with Gasteiger partial charge in [0.2, 0.25) is 0 Å². The highest BCUT2D eigenvalue weighted by Crippen LogP contribution is 2.32. The van der Waals surface area contributed by atoms with Crippen molar-refractivity contribution >= 4 is 56.3 Å². The van der Waals surface area contributed by atoms with Crippen molar-refractivity contribution in [3.8, 4) is 0 Å². The molecule has 0 atom stereocenters. The second-order valence-corrected chi connectivity index (χ2v) is 7.46. The molecule has 0 aliphatic carbocycles. The Morgan fingerprint density at radius 3 is 2.82 bits per heavy atom. The van der Waals surface area contributed by atoms with Crippen LogP contribution in [0.4, 0.5) is 5.69 Å². The first-order valence-corrected chi connectivity index (χ1v) is 9.88. The van der Waals surface area contributed by atoms with Crippen molar-refractivity contribution in [1.29, 1.82) is 0 Å². The van der Waals surface area contributed by atoms with Gasteiger partial charge < -0.3 is 9.30 Å². The summed E-state index contributed by atoms with van der Waals surface area (Å²) in [6.45, 7) is 3.27. The van der Waals surface area contributed by atoms with Crippen molar-refractivity contribution in [1.82, 2.24) is 4.57 Å². The van der Waals surface area contributed by atoms with E-state index in [4.69, 9.17) is 27.9 Å². The maximum Gasteiger partial charge on any atom is 0.279 e. The van der Waals surface area contributed by atoms with Crippen LogP contribution in [0.1, 0.15) is 17.3 Å². The zero-order valence-corrected chi connectivity index (χ0v) is 17.1. The van der Waals surface area contributed by atoms with Crippen LogP contribution < -0.4 is 4.80 Å². The van der Waals surface area contributed by atoms with Gasteiger partial charge >= 0.3 is 0 Å². The van der Waals surface area contributed by atoms with Crippen LogP contribution in [0.25, 0.3) is 10.2 Å². The van der Waals surface area contributed by atoms with Crippen molar-refractivity contribution in [2.45, 2.75) is 13.5 Å². The van der Waals surface area contributed by atoms with Crippen LogP contribution in [-0.4, -0.2) is 28.6 Å². The van der Waals surface area contributed by atoms with Gasteiger partial charge in [0.05, 0.1) is 31.8 Å². The zero-order chi connectivity index (χ0) is 20.3. The molecule has 0 N–H and O–H groups in total. The molecule has 10 heteroatoms. The smallest absolute Gasteiger partial charge is 0.279 e. The molecule has 0 unspecified atom stereocenters. The Kier molecular flexibility index (Phi) is 6.46. The van der Waals surface area contributed by atoms with Crippen LogP contribution in [0.5, 0.6) is 0 Å². The number of carbonyl (C=O) groups excluding carboxylic acids is 1. The highest BCUT2D eigenvalue weighted by atomic mass is 35.5. The number of benzene rings is 2. The Hall–Kier alpha value is -2.26. The number of amides is 1. The molecule has 1 heterocycles. The van der Waals surface area contributed by atoms with Crippen LogP contribution >= 0.6 is 34.5 Å². The van der Waals surface area contributed by atoms with E-state index in [1.807, 2.05) is 13.0 Å². The third kappa shape index (κ3) is 4.25. The average Bonchev–Trinajstić information content (AvgIpc) is 3.03. The number of ether oxygens (including phenoxy) is 1. The van der Waals surface area contributed by atoms with Gasteiger partial charge in [0.1, 0.15) is 0 Å². The maximum absolute atomic E-state index is 12.6. The third-order valence-corrected chi connectivity index (χ3v) is 5.74. The van der Waals surface area contributed by atoms with Gasteiger partial charge in [0, 0.05) is 30.8 Å². The number of aromatic nitrogens is 1. The van der Waals surface area contributed by atoms with Crippen LogP contribution in [0, 0.1) is 10.1 Å². The normalized spacial score (nSPS) is 11.9. The van der Waals surface area contributed by atoms with Crippen molar-refractivity contribution in [2.24, 2.45) is 4.99 Å². The van der Waals surface area contributed by atoms with Crippen LogP contribution in [0.3, 0.4) is 0 Å². The van der Waals surface area contributed by atoms with Gasteiger partial charge in [-0.3, -0.25) is 14.9 Å². The minimum absolute atomic E-state index is 0.132. The molecule has 2 aromatic carbocycles. The highest BCUT2D eigenvalue weighted by molar-refractivity contribution is 7.16. The minimum Gasteiger partial charge on any atom is -0.380 e. The molecule has 1 amide bonds. The Morgan fingerprint density at radius 1 is 1.32 bits per heavy atom. The summed E-state index contributed by atoms with van der Waals surface area (Å²) in [5.74, 6) is -0.581. The molecular weight excluding hydrogens is 425 g/mol. The predicted octanol–water partition coefficient (Wildman–Crippen LogP) is 4.70. The first-order valence-electron chi connectivity index (χ1n) is 8.31. The fraction of sp³-hybridized carbons (Fsp3) is 0.222. The second-order valence-electron chi connectivity index (χ2n) is 5.67. The predicted molar refractivity (Wildman–Crippen MR) is 109 cm³/mol. The third-order valence-electron chi connectivity index (χ3n) is 3.90. The molecule has 0 saturated carbocycles. The summed E-state index contributed by atoms with van der Waals surface area (Å²) < 4.78 is 8.01. The van der Waals surface area contributed by atoms with Gasteiger partial charge in [-0.2, -0.15) is 4.99 Å². The number of hydrogen-bond acceptors (Lipinski definition) is 5. The fourth-order valence-electron chi connectivity index (χ4n) is 2.60. The summed E-state index contributed by atoms with van der Waals surface area (Å²) in [7, 11) is 0. The number of hydrogen-bond donors (Lipinski definition) is 0. The summed E-state index contributed by atoms with van der Waals surface area (Å²) in [4.78, 5) is 27.6. The lowest BCUT2D eigenvalue weighted by atomic mass is 10.2. The lowest BCUT2D eigenvalue weighted by Gasteiger charge is -2.07. The number of nitro benzene ring substituents is 1. The molecule has 7 nitrogen and oxygen atoms in total. The number of carbonyl (C=O) groups is 1. The summed E-state index contributed by atoms with van der Waals surface area (Å²) in [6, 6.07) is 8.95. The van der Waals surface area contributed by atoms with Gasteiger partial charge in [0.15, 0.2) is 4.80 Å². The van der Waals surface area contributed by atoms with E-state index in [1.54, 1.807) is 10.6 Å². The van der Waals surface area contributed by atoms with E-state index in [0.717, 1.165) is 4.70 Å². The van der Waals surface area contributed by atoms with Gasteiger partial charge in [-0.15, -0.1) is 0 Å². The van der Waals surface area contributed by atoms with Crippen LogP contribution in [-0.2, 0) is 11.3 Å². The van der Waals surface area contributed by atoms with E-state index in [2.05, 4.69) is 4.99 Å². The molecule has 0 radical (unpaired) electrons. The number of nitro groups is 1. The van der Waals surface area contributed by atoms with E-state index >= 15 is 0 Å². The van der Waals surface area contributed by atoms with Crippen molar-refractivity contribution in [2.75, 3.05) is 13.2 Å². The Labute approximate surface area is 173 Å². The Bertz CT molecular complexity index is 1120. The number of fused-ring (bicyclic) bond motifs is 1. The van der Waals surface area contributed by atoms with E-state index in [-0.39, 0.29) is 11.3 Å². The second kappa shape index (κ2) is 8.83. The van der Waals surface area contributed by atoms with Crippen LogP contribution in [0.15, 0.2) is 41.4 Å². The van der Waals surface area contributed by atoms with Gasteiger partial charge in [-0.25, -0.2) is 0 Å². The topological polar surface area (TPSA) is 86.7 Å². The van der Waals surface area contributed by atoms with Crippen molar-refractivity contribution < 1.29 is 14.5 Å². The first-order chi connectivity index (χ1) is 13.4. The van der Waals surface area contributed by atoms with E-state index < -0.39 is 10.8 Å². The largest absolute Gasteiger partial charge is 0.380 e. The molecule has 0 spiro atoms. The minimum atomic E-state index is -0.581. The number of nitrogens with zero attached hydrogens (tertiary/aromatic N) is 3. The standard InChI is InChI=1S/C18H15Cl2N3O4S/c1-2-27-9-8-22-16-14(7-6-13(19)15(16)20)28-18(22)21-17(24)11-4-3-5-12(10-11)23(25)26/h3-7,10H,2,8-9H2,1H3. The average molecular weight is 440 g/mol. The molecule has 0 saturated heterocycles. The van der Waals surface area contributed by atoms with Gasteiger partial charge in [0.25, 0.3) is 11.6 Å². The number of halogens is 2. The zero-order valence-electron chi connectivity index (χ0n) is 14.7. The molecule has 0 fully saturated rings. The van der Waals surface area contributed by atoms with Crippen molar-refractivity contribution in [3.63, 3.8) is 0 Å².